The Kier molecular flexibility index (Phi) is 3.63. The largest absolute Gasteiger partial charge is 0.408 e. The van der Waals surface area contributed by atoms with Gasteiger partial charge in [-0.05, 0) is 30.0 Å². The van der Waals surface area contributed by atoms with Crippen LogP contribution < -0.4 is 5.32 Å². The molecule has 0 saturated carbocycles. The number of aromatic nitrogens is 2. The molecule has 0 amide bonds. The normalized spacial score (nSPS) is 11.5. The monoisotopic (exact) mass is 305 g/mol. The predicted octanol–water partition coefficient (Wildman–Crippen LogP) is 4.47. The van der Waals surface area contributed by atoms with Gasteiger partial charge in [0.25, 0.3) is 0 Å². The predicted molar refractivity (Wildman–Crippen MR) is 82.2 cm³/mol. The van der Waals surface area contributed by atoms with Crippen molar-refractivity contribution in [2.24, 2.45) is 0 Å². The van der Waals surface area contributed by atoms with Crippen molar-refractivity contribution in [3.05, 3.63) is 40.3 Å². The van der Waals surface area contributed by atoms with E-state index in [0.29, 0.717) is 18.5 Å². The van der Waals surface area contributed by atoms with Gasteiger partial charge in [0.15, 0.2) is 0 Å². The number of anilines is 1. The summed E-state index contributed by atoms with van der Waals surface area (Å²) in [4.78, 5) is 1.14. The fraction of sp³-hybridized carbons (Fsp3) is 0.333. The van der Waals surface area contributed by atoms with Crippen molar-refractivity contribution in [3.8, 4) is 0 Å². The number of hydrogen-bond acceptors (Lipinski definition) is 5. The fourth-order valence-electron chi connectivity index (χ4n) is 2.11. The molecule has 110 valence electrons. The molecule has 0 radical (unpaired) electrons. The van der Waals surface area contributed by atoms with E-state index in [-0.39, 0.29) is 11.7 Å². The van der Waals surface area contributed by atoms with Crippen molar-refractivity contribution < 1.29 is 8.81 Å². The molecule has 0 spiro atoms. The van der Waals surface area contributed by atoms with E-state index in [1.165, 1.54) is 6.07 Å². The summed E-state index contributed by atoms with van der Waals surface area (Å²) in [6.07, 6.45) is 0. The molecule has 2 heterocycles. The van der Waals surface area contributed by atoms with Gasteiger partial charge in [-0.2, -0.15) is 0 Å². The van der Waals surface area contributed by atoms with Crippen LogP contribution in [0.1, 0.15) is 36.1 Å². The lowest BCUT2D eigenvalue weighted by atomic mass is 10.1. The van der Waals surface area contributed by atoms with Crippen LogP contribution in [0.2, 0.25) is 0 Å². The van der Waals surface area contributed by atoms with Crippen molar-refractivity contribution in [2.75, 3.05) is 5.32 Å². The smallest absolute Gasteiger partial charge is 0.315 e. The lowest BCUT2D eigenvalue weighted by molar-refractivity contribution is 0.480. The average Bonchev–Trinajstić information content (AvgIpc) is 3.02. The third kappa shape index (κ3) is 2.76. The summed E-state index contributed by atoms with van der Waals surface area (Å²) in [6.45, 7) is 6.64. The van der Waals surface area contributed by atoms with E-state index in [1.807, 2.05) is 26.8 Å². The standard InChI is InChI=1S/C15H16FN3OS/c1-8(2)14-18-19-15(20-14)17-7-13-9(3)11-5-4-10(16)6-12(11)21-13/h4-6,8H,7H2,1-3H3,(H,17,19). The average molecular weight is 305 g/mol. The van der Waals surface area contributed by atoms with Crippen molar-refractivity contribution in [1.29, 1.82) is 0 Å². The van der Waals surface area contributed by atoms with Gasteiger partial charge in [0.2, 0.25) is 5.89 Å². The molecule has 0 aliphatic rings. The maximum atomic E-state index is 13.3. The second-order valence-electron chi connectivity index (χ2n) is 5.24. The van der Waals surface area contributed by atoms with Crippen LogP contribution in [0.3, 0.4) is 0 Å². The Morgan fingerprint density at radius 1 is 1.33 bits per heavy atom. The minimum Gasteiger partial charge on any atom is -0.408 e. The van der Waals surface area contributed by atoms with E-state index < -0.39 is 0 Å². The van der Waals surface area contributed by atoms with E-state index in [1.54, 1.807) is 17.4 Å². The zero-order valence-corrected chi connectivity index (χ0v) is 12.9. The lowest BCUT2D eigenvalue weighted by Crippen LogP contribution is -1.98. The summed E-state index contributed by atoms with van der Waals surface area (Å²) in [7, 11) is 0. The molecule has 1 aromatic carbocycles. The van der Waals surface area contributed by atoms with Gasteiger partial charge < -0.3 is 9.73 Å². The molecule has 0 atom stereocenters. The highest BCUT2D eigenvalue weighted by molar-refractivity contribution is 7.19. The number of fused-ring (bicyclic) bond motifs is 1. The topological polar surface area (TPSA) is 51.0 Å². The van der Waals surface area contributed by atoms with Crippen LogP contribution in [0.5, 0.6) is 0 Å². The van der Waals surface area contributed by atoms with Crippen LogP contribution in [0.25, 0.3) is 10.1 Å². The Hall–Kier alpha value is -1.95. The fourth-order valence-corrected chi connectivity index (χ4v) is 3.29. The SMILES string of the molecule is Cc1c(CNc2nnc(C(C)C)o2)sc2cc(F)ccc12. The van der Waals surface area contributed by atoms with Gasteiger partial charge >= 0.3 is 6.01 Å². The van der Waals surface area contributed by atoms with Gasteiger partial charge in [0.05, 0.1) is 6.54 Å². The minimum absolute atomic E-state index is 0.207. The number of benzene rings is 1. The second-order valence-corrected chi connectivity index (χ2v) is 6.38. The molecule has 0 aliphatic carbocycles. The third-order valence-electron chi connectivity index (χ3n) is 3.33. The molecule has 4 nitrogen and oxygen atoms in total. The molecule has 3 aromatic rings. The quantitative estimate of drug-likeness (QED) is 0.772. The first-order valence-electron chi connectivity index (χ1n) is 6.79. The molecule has 21 heavy (non-hydrogen) atoms. The Morgan fingerprint density at radius 2 is 2.14 bits per heavy atom. The van der Waals surface area contributed by atoms with Gasteiger partial charge in [-0.15, -0.1) is 16.4 Å². The highest BCUT2D eigenvalue weighted by Crippen LogP contribution is 2.31. The number of aryl methyl sites for hydroxylation is 1. The van der Waals surface area contributed by atoms with Crippen molar-refractivity contribution in [2.45, 2.75) is 33.2 Å². The second kappa shape index (κ2) is 5.44. The van der Waals surface area contributed by atoms with Gasteiger partial charge in [0.1, 0.15) is 5.82 Å². The number of nitrogens with zero attached hydrogens (tertiary/aromatic N) is 2. The number of rotatable bonds is 4. The minimum atomic E-state index is -0.207. The Bertz CT molecular complexity index is 778. The van der Waals surface area contributed by atoms with E-state index >= 15 is 0 Å². The Labute approximate surface area is 126 Å². The molecular weight excluding hydrogens is 289 g/mol. The van der Waals surface area contributed by atoms with E-state index in [4.69, 9.17) is 4.42 Å². The van der Waals surface area contributed by atoms with E-state index in [2.05, 4.69) is 15.5 Å². The molecule has 2 aromatic heterocycles. The summed E-state index contributed by atoms with van der Waals surface area (Å²) in [5.74, 6) is 0.622. The first-order valence-corrected chi connectivity index (χ1v) is 7.61. The zero-order valence-electron chi connectivity index (χ0n) is 12.1. The first kappa shape index (κ1) is 14.0. The summed E-state index contributed by atoms with van der Waals surface area (Å²) in [5.41, 5.74) is 1.16. The maximum absolute atomic E-state index is 13.3. The number of halogens is 1. The van der Waals surface area contributed by atoms with Gasteiger partial charge in [0, 0.05) is 15.5 Å². The highest BCUT2D eigenvalue weighted by Gasteiger charge is 2.12. The molecule has 0 aliphatic heterocycles. The summed E-state index contributed by atoms with van der Waals surface area (Å²) in [5, 5.41) is 12.2. The van der Waals surface area contributed by atoms with Crippen molar-refractivity contribution in [1.82, 2.24) is 10.2 Å². The third-order valence-corrected chi connectivity index (χ3v) is 4.59. The summed E-state index contributed by atoms with van der Waals surface area (Å²) < 4.78 is 19.7. The van der Waals surface area contributed by atoms with Crippen LogP contribution in [0.15, 0.2) is 22.6 Å². The van der Waals surface area contributed by atoms with Gasteiger partial charge in [-0.25, -0.2) is 4.39 Å². The van der Waals surface area contributed by atoms with Crippen LogP contribution >= 0.6 is 11.3 Å². The van der Waals surface area contributed by atoms with Crippen LogP contribution in [0, 0.1) is 12.7 Å². The molecule has 6 heteroatoms. The van der Waals surface area contributed by atoms with Crippen molar-refractivity contribution >= 4 is 27.4 Å². The maximum Gasteiger partial charge on any atom is 0.315 e. The van der Waals surface area contributed by atoms with Gasteiger partial charge in [-0.3, -0.25) is 0 Å². The zero-order chi connectivity index (χ0) is 15.0. The molecule has 3 rings (SSSR count). The summed E-state index contributed by atoms with van der Waals surface area (Å²) >= 11 is 1.58. The molecule has 1 N–H and O–H groups in total. The van der Waals surface area contributed by atoms with Crippen molar-refractivity contribution in [3.63, 3.8) is 0 Å². The summed E-state index contributed by atoms with van der Waals surface area (Å²) in [6, 6.07) is 5.30. The van der Waals surface area contributed by atoms with E-state index in [9.17, 15) is 4.39 Å². The van der Waals surface area contributed by atoms with E-state index in [0.717, 1.165) is 20.5 Å². The van der Waals surface area contributed by atoms with Crippen LogP contribution in [0.4, 0.5) is 10.4 Å². The van der Waals surface area contributed by atoms with Crippen LogP contribution in [-0.2, 0) is 6.54 Å². The number of thiophene rings is 1. The molecule has 0 unspecified atom stereocenters. The van der Waals surface area contributed by atoms with Crippen LogP contribution in [-0.4, -0.2) is 10.2 Å². The number of hydrogen-bond donors (Lipinski definition) is 1. The first-order chi connectivity index (χ1) is 10.0. The molecule has 0 saturated heterocycles. The Morgan fingerprint density at radius 3 is 2.86 bits per heavy atom. The molecular formula is C15H16FN3OS. The molecule has 0 bridgehead atoms. The molecule has 0 fully saturated rings. The Balaban J connectivity index is 1.79. The van der Waals surface area contributed by atoms with Gasteiger partial charge in [-0.1, -0.05) is 25.0 Å². The number of nitrogens with one attached hydrogen (secondary N) is 1. The lowest BCUT2D eigenvalue weighted by Gasteiger charge is -2.00. The highest BCUT2D eigenvalue weighted by atomic mass is 32.1.